The number of halogens is 2. The molecule has 0 aliphatic heterocycles. The Balaban J connectivity index is 2.63. The molecule has 0 bridgehead atoms. The number of rotatable bonds is 2. The molecule has 6 heteroatoms. The molecule has 2 aromatic rings. The summed E-state index contributed by atoms with van der Waals surface area (Å²) < 4.78 is 4.65. The highest BCUT2D eigenvalue weighted by molar-refractivity contribution is 6.35. The Morgan fingerprint density at radius 1 is 1.30 bits per heavy atom. The molecule has 4 nitrogen and oxygen atoms in total. The predicted molar refractivity (Wildman–Crippen MR) is 80.2 cm³/mol. The molecule has 2 N–H and O–H groups in total. The number of nitrogen functional groups attached to an aromatic ring is 1. The molecule has 1 heterocycles. The predicted octanol–water partition coefficient (Wildman–Crippen LogP) is 3.73. The molecule has 0 saturated heterocycles. The molecule has 0 aliphatic rings. The number of nitrogens with two attached hydrogens (primary N) is 1. The first-order valence-electron chi connectivity index (χ1n) is 5.75. The first-order valence-corrected chi connectivity index (χ1v) is 6.50. The van der Waals surface area contributed by atoms with Crippen LogP contribution in [0.15, 0.2) is 24.3 Å². The van der Waals surface area contributed by atoms with Gasteiger partial charge in [-0.25, -0.2) is 9.78 Å². The van der Waals surface area contributed by atoms with E-state index in [-0.39, 0.29) is 16.4 Å². The zero-order chi connectivity index (χ0) is 14.9. The molecular formula is C14H12Cl2N2O2. The van der Waals surface area contributed by atoms with Gasteiger partial charge in [0.25, 0.3) is 0 Å². The number of aromatic nitrogens is 1. The number of carbonyl (C=O) groups is 1. The van der Waals surface area contributed by atoms with Crippen LogP contribution in [0.4, 0.5) is 5.69 Å². The van der Waals surface area contributed by atoms with Crippen molar-refractivity contribution in [2.24, 2.45) is 0 Å². The van der Waals surface area contributed by atoms with Crippen LogP contribution in [-0.2, 0) is 4.74 Å². The Bertz CT molecular complexity index is 687. The maximum atomic E-state index is 11.7. The summed E-state index contributed by atoms with van der Waals surface area (Å²) in [7, 11) is 1.26. The van der Waals surface area contributed by atoms with Crippen LogP contribution in [0.5, 0.6) is 0 Å². The van der Waals surface area contributed by atoms with Crippen molar-refractivity contribution in [1.82, 2.24) is 4.98 Å². The van der Waals surface area contributed by atoms with Gasteiger partial charge in [-0.05, 0) is 30.7 Å². The molecule has 1 aromatic carbocycles. The number of esters is 1. The van der Waals surface area contributed by atoms with Gasteiger partial charge >= 0.3 is 5.97 Å². The van der Waals surface area contributed by atoms with Gasteiger partial charge in [0.2, 0.25) is 0 Å². The van der Waals surface area contributed by atoms with Crippen LogP contribution in [0, 0.1) is 6.92 Å². The lowest BCUT2D eigenvalue weighted by Gasteiger charge is -2.10. The second-order valence-corrected chi connectivity index (χ2v) is 5.02. The fourth-order valence-corrected chi connectivity index (χ4v) is 2.23. The summed E-state index contributed by atoms with van der Waals surface area (Å²) in [4.78, 5) is 15.9. The highest BCUT2D eigenvalue weighted by atomic mass is 35.5. The van der Waals surface area contributed by atoms with Gasteiger partial charge in [-0.1, -0.05) is 29.3 Å². The number of benzene rings is 1. The molecule has 0 amide bonds. The average Bonchev–Trinajstić information content (AvgIpc) is 2.41. The lowest BCUT2D eigenvalue weighted by atomic mass is 10.0. The number of pyridine rings is 1. The number of nitrogens with zero attached hydrogens (tertiary/aromatic N) is 1. The second-order valence-electron chi connectivity index (χ2n) is 4.21. The molecule has 0 unspecified atom stereocenters. The van der Waals surface area contributed by atoms with Crippen LogP contribution < -0.4 is 5.73 Å². The van der Waals surface area contributed by atoms with E-state index in [4.69, 9.17) is 28.9 Å². The molecule has 0 spiro atoms. The second kappa shape index (κ2) is 5.69. The van der Waals surface area contributed by atoms with Crippen molar-refractivity contribution >= 4 is 34.9 Å². The highest BCUT2D eigenvalue weighted by Gasteiger charge is 2.18. The molecule has 0 fully saturated rings. The van der Waals surface area contributed by atoms with Crippen molar-refractivity contribution < 1.29 is 9.53 Å². The van der Waals surface area contributed by atoms with Crippen LogP contribution >= 0.6 is 23.2 Å². The van der Waals surface area contributed by atoms with E-state index in [0.29, 0.717) is 10.7 Å². The number of aryl methyl sites for hydroxylation is 1. The number of ether oxygens (including phenoxy) is 1. The van der Waals surface area contributed by atoms with Crippen LogP contribution in [0.3, 0.4) is 0 Å². The van der Waals surface area contributed by atoms with Crippen molar-refractivity contribution in [3.05, 3.63) is 45.6 Å². The molecule has 1 aromatic heterocycles. The molecule has 0 radical (unpaired) electrons. The first kappa shape index (κ1) is 14.6. The van der Waals surface area contributed by atoms with E-state index in [0.717, 1.165) is 11.1 Å². The number of anilines is 1. The third-order valence-electron chi connectivity index (χ3n) is 2.83. The van der Waals surface area contributed by atoms with E-state index < -0.39 is 5.97 Å². The number of carbonyl (C=O) groups excluding carboxylic acids is 1. The number of methoxy groups -OCH3 is 1. The molecular weight excluding hydrogens is 299 g/mol. The topological polar surface area (TPSA) is 65.2 Å². The lowest BCUT2D eigenvalue weighted by Crippen LogP contribution is -2.08. The molecule has 20 heavy (non-hydrogen) atoms. The van der Waals surface area contributed by atoms with Crippen molar-refractivity contribution in [2.75, 3.05) is 12.8 Å². The van der Waals surface area contributed by atoms with Gasteiger partial charge in [-0.3, -0.25) is 0 Å². The van der Waals surface area contributed by atoms with Crippen molar-refractivity contribution in [1.29, 1.82) is 0 Å². The molecule has 0 atom stereocenters. The summed E-state index contributed by atoms with van der Waals surface area (Å²) in [6.45, 7) is 1.89. The van der Waals surface area contributed by atoms with Crippen LogP contribution in [0.1, 0.15) is 16.1 Å². The number of hydrogen-bond acceptors (Lipinski definition) is 4. The normalized spacial score (nSPS) is 10.4. The summed E-state index contributed by atoms with van der Waals surface area (Å²) in [5.74, 6) is -0.629. The van der Waals surface area contributed by atoms with Crippen LogP contribution in [0.25, 0.3) is 11.3 Å². The maximum absolute atomic E-state index is 11.7. The van der Waals surface area contributed by atoms with Crippen LogP contribution in [0.2, 0.25) is 10.0 Å². The third kappa shape index (κ3) is 2.71. The zero-order valence-corrected chi connectivity index (χ0v) is 12.4. The highest BCUT2D eigenvalue weighted by Crippen LogP contribution is 2.30. The SMILES string of the molecule is COC(=O)c1nc(-c2ccc(Cl)cc2C)cc(N)c1Cl. The Morgan fingerprint density at radius 3 is 2.60 bits per heavy atom. The number of hydrogen-bond donors (Lipinski definition) is 1. The Hall–Kier alpha value is -1.78. The van der Waals surface area contributed by atoms with Gasteiger partial charge in [0, 0.05) is 10.6 Å². The molecule has 104 valence electrons. The summed E-state index contributed by atoms with van der Waals surface area (Å²) in [5, 5.41) is 0.716. The summed E-state index contributed by atoms with van der Waals surface area (Å²) in [6, 6.07) is 6.98. The monoisotopic (exact) mass is 310 g/mol. The fraction of sp³-hybridized carbons (Fsp3) is 0.143. The van der Waals surface area contributed by atoms with Gasteiger partial charge in [0.1, 0.15) is 0 Å². The smallest absolute Gasteiger partial charge is 0.358 e. The average molecular weight is 311 g/mol. The summed E-state index contributed by atoms with van der Waals surface area (Å²) >= 11 is 11.9. The van der Waals surface area contributed by atoms with Gasteiger partial charge < -0.3 is 10.5 Å². The van der Waals surface area contributed by atoms with Gasteiger partial charge in [0.15, 0.2) is 5.69 Å². The Labute approximate surface area is 126 Å². The van der Waals surface area contributed by atoms with E-state index >= 15 is 0 Å². The van der Waals surface area contributed by atoms with Crippen LogP contribution in [-0.4, -0.2) is 18.1 Å². The molecule has 0 aliphatic carbocycles. The lowest BCUT2D eigenvalue weighted by molar-refractivity contribution is 0.0594. The van der Waals surface area contributed by atoms with E-state index in [1.54, 1.807) is 18.2 Å². The van der Waals surface area contributed by atoms with E-state index in [1.165, 1.54) is 7.11 Å². The maximum Gasteiger partial charge on any atom is 0.358 e. The van der Waals surface area contributed by atoms with Gasteiger partial charge in [-0.15, -0.1) is 0 Å². The van der Waals surface area contributed by atoms with Crippen molar-refractivity contribution in [2.45, 2.75) is 6.92 Å². The van der Waals surface area contributed by atoms with Crippen molar-refractivity contribution in [3.63, 3.8) is 0 Å². The largest absolute Gasteiger partial charge is 0.464 e. The van der Waals surface area contributed by atoms with E-state index in [9.17, 15) is 4.79 Å². The standard InChI is InChI=1S/C14H12Cl2N2O2/c1-7-5-8(15)3-4-9(7)11-6-10(17)12(16)13(18-11)14(19)20-2/h3-6H,1-2H3,(H2,17,18). The third-order valence-corrected chi connectivity index (χ3v) is 3.46. The van der Waals surface area contributed by atoms with Crippen molar-refractivity contribution in [3.8, 4) is 11.3 Å². The molecule has 0 saturated carbocycles. The minimum atomic E-state index is -0.629. The first-order chi connectivity index (χ1) is 9.43. The summed E-state index contributed by atoms with van der Waals surface area (Å²) in [6.07, 6.45) is 0. The fourth-order valence-electron chi connectivity index (χ4n) is 1.83. The van der Waals surface area contributed by atoms with Gasteiger partial charge in [0.05, 0.1) is 23.5 Å². The van der Waals surface area contributed by atoms with E-state index in [1.807, 2.05) is 13.0 Å². The zero-order valence-electron chi connectivity index (χ0n) is 10.9. The minimum Gasteiger partial charge on any atom is -0.464 e. The summed E-state index contributed by atoms with van der Waals surface area (Å²) in [5.41, 5.74) is 8.38. The molecule has 2 rings (SSSR count). The van der Waals surface area contributed by atoms with E-state index in [2.05, 4.69) is 9.72 Å². The Morgan fingerprint density at radius 2 is 2.00 bits per heavy atom. The minimum absolute atomic E-state index is 0.00137. The quantitative estimate of drug-likeness (QED) is 0.858. The van der Waals surface area contributed by atoms with Gasteiger partial charge in [-0.2, -0.15) is 0 Å². The Kier molecular flexibility index (Phi) is 4.16.